The second-order valence-electron chi connectivity index (χ2n) is 8.73. The van der Waals surface area contributed by atoms with Crippen LogP contribution in [0.2, 0.25) is 0 Å². The van der Waals surface area contributed by atoms with E-state index in [1.807, 2.05) is 19.2 Å². The molecule has 2 fully saturated rings. The van der Waals surface area contributed by atoms with Crippen molar-refractivity contribution in [1.82, 2.24) is 40.2 Å². The van der Waals surface area contributed by atoms with Gasteiger partial charge < -0.3 is 9.84 Å². The van der Waals surface area contributed by atoms with Crippen LogP contribution in [-0.4, -0.2) is 57.4 Å². The highest BCUT2D eigenvalue weighted by Crippen LogP contribution is 2.32. The van der Waals surface area contributed by atoms with E-state index in [9.17, 15) is 9.90 Å². The molecule has 168 valence electrons. The maximum absolute atomic E-state index is 11.3. The van der Waals surface area contributed by atoms with E-state index >= 15 is 0 Å². The predicted molar refractivity (Wildman–Crippen MR) is 112 cm³/mol. The van der Waals surface area contributed by atoms with Crippen LogP contribution >= 0.6 is 0 Å². The van der Waals surface area contributed by atoms with Gasteiger partial charge in [0.1, 0.15) is 11.4 Å². The lowest BCUT2D eigenvalue weighted by molar-refractivity contribution is -0.143. The predicted octanol–water partition coefficient (Wildman–Crippen LogP) is 1.89. The Bertz CT molecular complexity index is 1090. The molecule has 0 bridgehead atoms. The quantitative estimate of drug-likeness (QED) is 0.559. The van der Waals surface area contributed by atoms with Gasteiger partial charge >= 0.3 is 5.97 Å². The van der Waals surface area contributed by atoms with Gasteiger partial charge in [-0.1, -0.05) is 5.21 Å². The number of aliphatic carboxylic acids is 1. The van der Waals surface area contributed by atoms with Crippen molar-refractivity contribution in [2.75, 3.05) is 0 Å². The Morgan fingerprint density at radius 3 is 2.81 bits per heavy atom. The summed E-state index contributed by atoms with van der Waals surface area (Å²) in [6.45, 7) is 0.465. The van der Waals surface area contributed by atoms with Crippen molar-refractivity contribution >= 4 is 5.97 Å². The topological polar surface area (TPSA) is 134 Å². The first-order valence-corrected chi connectivity index (χ1v) is 11.1. The van der Waals surface area contributed by atoms with Crippen LogP contribution in [0.4, 0.5) is 0 Å². The Balaban J connectivity index is 1.29. The number of aryl methyl sites for hydroxylation is 1. The maximum atomic E-state index is 11.3. The van der Waals surface area contributed by atoms with Crippen LogP contribution in [-0.2, 0) is 24.8 Å². The largest absolute Gasteiger partial charge is 0.489 e. The van der Waals surface area contributed by atoms with E-state index in [1.165, 1.54) is 12.8 Å². The van der Waals surface area contributed by atoms with Crippen LogP contribution < -0.4 is 4.74 Å². The van der Waals surface area contributed by atoms with E-state index < -0.39 is 5.97 Å². The van der Waals surface area contributed by atoms with Crippen LogP contribution in [0.15, 0.2) is 18.3 Å². The third-order valence-corrected chi connectivity index (χ3v) is 6.27. The molecule has 2 atom stereocenters. The number of carboxylic acid groups (broad SMARTS) is 1. The lowest BCUT2D eigenvalue weighted by Gasteiger charge is -2.27. The third kappa shape index (κ3) is 4.46. The summed E-state index contributed by atoms with van der Waals surface area (Å²) in [7, 11) is 1.84. The van der Waals surface area contributed by atoms with Gasteiger partial charge in [0.25, 0.3) is 0 Å². The second kappa shape index (κ2) is 8.64. The molecule has 0 spiro atoms. The Kier molecular flexibility index (Phi) is 5.54. The van der Waals surface area contributed by atoms with Crippen LogP contribution in [0.5, 0.6) is 5.75 Å². The highest BCUT2D eigenvalue weighted by atomic mass is 16.5. The van der Waals surface area contributed by atoms with Gasteiger partial charge in [-0.2, -0.15) is 0 Å². The number of carboxylic acids is 1. The van der Waals surface area contributed by atoms with Gasteiger partial charge in [-0.3, -0.25) is 9.78 Å². The molecule has 3 aromatic rings. The lowest BCUT2D eigenvalue weighted by atomic mass is 9.87. The molecule has 1 N–H and O–H groups in total. The molecule has 0 aliphatic heterocycles. The van der Waals surface area contributed by atoms with Gasteiger partial charge in [-0.25, -0.2) is 9.36 Å². The zero-order chi connectivity index (χ0) is 22.1. The highest BCUT2D eigenvalue weighted by molar-refractivity contribution is 5.70. The zero-order valence-electron chi connectivity index (χ0n) is 18.0. The van der Waals surface area contributed by atoms with Gasteiger partial charge in [0.05, 0.1) is 36.2 Å². The van der Waals surface area contributed by atoms with E-state index in [0.717, 1.165) is 30.8 Å². The first-order chi connectivity index (χ1) is 15.6. The van der Waals surface area contributed by atoms with Crippen LogP contribution in [0, 0.1) is 11.8 Å². The fourth-order valence-corrected chi connectivity index (χ4v) is 4.23. The molecule has 11 nitrogen and oxygen atoms in total. The van der Waals surface area contributed by atoms with E-state index in [0.29, 0.717) is 42.4 Å². The van der Waals surface area contributed by atoms with Gasteiger partial charge in [0, 0.05) is 13.5 Å². The first kappa shape index (κ1) is 20.5. The Morgan fingerprint density at radius 1 is 1.19 bits per heavy atom. The minimum Gasteiger partial charge on any atom is -0.489 e. The summed E-state index contributed by atoms with van der Waals surface area (Å²) in [5.41, 5.74) is 2.23. The number of carbonyl (C=O) groups is 1. The molecule has 11 heteroatoms. The molecule has 0 amide bonds. The van der Waals surface area contributed by atoms with Crippen LogP contribution in [0.25, 0.3) is 11.4 Å². The van der Waals surface area contributed by atoms with Gasteiger partial charge in [-0.15, -0.1) is 10.2 Å². The molecular formula is C21H26N8O3. The van der Waals surface area contributed by atoms with Crippen molar-refractivity contribution in [3.63, 3.8) is 0 Å². The minimum atomic E-state index is -0.746. The smallest absolute Gasteiger partial charge is 0.306 e. The average Bonchev–Trinajstić information content (AvgIpc) is 3.39. The molecule has 0 saturated heterocycles. The number of hydrogen-bond donors (Lipinski definition) is 1. The summed E-state index contributed by atoms with van der Waals surface area (Å²) in [4.78, 5) is 15.8. The number of nitrogens with zero attached hydrogens (tertiary/aromatic N) is 8. The molecule has 0 unspecified atom stereocenters. The van der Waals surface area contributed by atoms with E-state index in [-0.39, 0.29) is 12.0 Å². The summed E-state index contributed by atoms with van der Waals surface area (Å²) in [6.07, 6.45) is 7.88. The molecule has 0 aromatic carbocycles. The van der Waals surface area contributed by atoms with E-state index in [2.05, 4.69) is 30.8 Å². The molecule has 2 aliphatic rings. The Morgan fingerprint density at radius 2 is 2.06 bits per heavy atom. The minimum absolute atomic E-state index is 0.103. The zero-order valence-corrected chi connectivity index (χ0v) is 18.0. The summed E-state index contributed by atoms with van der Waals surface area (Å²) in [5, 5.41) is 29.9. The number of hydrogen-bond acceptors (Lipinski definition) is 8. The Labute approximate surface area is 184 Å². The highest BCUT2D eigenvalue weighted by Gasteiger charge is 2.28. The third-order valence-electron chi connectivity index (χ3n) is 6.27. The molecule has 2 saturated carbocycles. The number of tetrazole rings is 1. The molecule has 2 aliphatic carbocycles. The number of aromatic nitrogens is 8. The van der Waals surface area contributed by atoms with Crippen LogP contribution in [0.1, 0.15) is 50.0 Å². The van der Waals surface area contributed by atoms with Gasteiger partial charge in [-0.05, 0) is 67.0 Å². The molecule has 5 rings (SSSR count). The maximum Gasteiger partial charge on any atom is 0.306 e. The lowest BCUT2D eigenvalue weighted by Crippen LogP contribution is -2.29. The number of pyridine rings is 1. The van der Waals surface area contributed by atoms with Gasteiger partial charge in [0.2, 0.25) is 0 Å². The summed E-state index contributed by atoms with van der Waals surface area (Å²) in [6, 6.07) is 3.70. The normalized spacial score (nSPS) is 20.9. The Hall–Kier alpha value is -3.37. The SMILES string of the molecule is Cn1nnc(-c2ccc(O[C@H]3CCC[C@H](C(=O)O)C3)cn2)c1Cn1nnnc1CC1CC1. The van der Waals surface area contributed by atoms with Crippen LogP contribution in [0.3, 0.4) is 0 Å². The number of rotatable bonds is 8. The fraction of sp³-hybridized carbons (Fsp3) is 0.571. The molecule has 32 heavy (non-hydrogen) atoms. The first-order valence-electron chi connectivity index (χ1n) is 11.1. The van der Waals surface area contributed by atoms with Crippen molar-refractivity contribution in [3.05, 3.63) is 29.8 Å². The van der Waals surface area contributed by atoms with E-state index in [1.54, 1.807) is 15.6 Å². The fourth-order valence-electron chi connectivity index (χ4n) is 4.23. The average molecular weight is 438 g/mol. The summed E-state index contributed by atoms with van der Waals surface area (Å²) >= 11 is 0. The monoisotopic (exact) mass is 438 g/mol. The summed E-state index contributed by atoms with van der Waals surface area (Å²) < 4.78 is 9.53. The van der Waals surface area contributed by atoms with E-state index in [4.69, 9.17) is 4.74 Å². The molecule has 0 radical (unpaired) electrons. The number of ether oxygens (including phenoxy) is 1. The second-order valence-corrected chi connectivity index (χ2v) is 8.73. The van der Waals surface area contributed by atoms with Crippen molar-refractivity contribution in [3.8, 4) is 17.1 Å². The van der Waals surface area contributed by atoms with Crippen molar-refractivity contribution in [2.45, 2.75) is 57.6 Å². The molecular weight excluding hydrogens is 412 g/mol. The van der Waals surface area contributed by atoms with Crippen molar-refractivity contribution in [1.29, 1.82) is 0 Å². The van der Waals surface area contributed by atoms with Crippen molar-refractivity contribution < 1.29 is 14.6 Å². The van der Waals surface area contributed by atoms with Crippen molar-refractivity contribution in [2.24, 2.45) is 18.9 Å². The standard InChI is InChI=1S/C21H26N8O3/c1-28-18(12-29-19(23-25-27-29)9-13-5-6-13)20(24-26-28)17-8-7-16(11-22-17)32-15-4-2-3-14(10-15)21(30)31/h7-8,11,13-15H,2-6,9-10,12H2,1H3,(H,30,31)/t14-,15-/m0/s1. The molecule has 3 aromatic heterocycles. The summed E-state index contributed by atoms with van der Waals surface area (Å²) in [5.74, 6) is 1.11. The van der Waals surface area contributed by atoms with Gasteiger partial charge in [0.15, 0.2) is 5.82 Å². The molecule has 3 heterocycles.